The lowest BCUT2D eigenvalue weighted by Gasteiger charge is -2.21. The molecule has 1 heterocycles. The highest BCUT2D eigenvalue weighted by atomic mass is 16.5. The molecule has 2 aromatic carbocycles. The number of methoxy groups -OCH3 is 2. The largest absolute Gasteiger partial charge is 0.493 e. The lowest BCUT2D eigenvalue weighted by atomic mass is 10.1. The van der Waals surface area contributed by atoms with Gasteiger partial charge in [0.2, 0.25) is 5.91 Å². The van der Waals surface area contributed by atoms with Crippen LogP contribution in [-0.2, 0) is 4.79 Å². The highest BCUT2D eigenvalue weighted by Gasteiger charge is 2.19. The number of likely N-dealkylation sites (N-methyl/N-ethyl adjacent to an activating group) is 1. The van der Waals surface area contributed by atoms with E-state index in [1.165, 1.54) is 0 Å². The maximum Gasteiger partial charge on any atom is 0.246 e. The first-order valence-corrected chi connectivity index (χ1v) is 8.69. The SMILES string of the molecule is COc1ccc(/C=C/C(=O)N(C)C(C)c2cc3ccccc3o2)cc1OC. The fourth-order valence-electron chi connectivity index (χ4n) is 2.83. The number of rotatable bonds is 6. The number of carbonyl (C=O) groups excluding carboxylic acids is 1. The minimum atomic E-state index is -0.181. The molecule has 0 saturated heterocycles. The molecule has 1 atom stereocenters. The quantitative estimate of drug-likeness (QED) is 0.595. The number of furan rings is 1. The van der Waals surface area contributed by atoms with E-state index in [0.29, 0.717) is 11.5 Å². The second kappa shape index (κ2) is 7.99. The predicted molar refractivity (Wildman–Crippen MR) is 106 cm³/mol. The van der Waals surface area contributed by atoms with Gasteiger partial charge in [0.15, 0.2) is 11.5 Å². The second-order valence-electron chi connectivity index (χ2n) is 6.26. The summed E-state index contributed by atoms with van der Waals surface area (Å²) < 4.78 is 16.4. The molecule has 0 aliphatic carbocycles. The van der Waals surface area contributed by atoms with Crippen molar-refractivity contribution in [2.45, 2.75) is 13.0 Å². The number of amides is 1. The summed E-state index contributed by atoms with van der Waals surface area (Å²) in [5.41, 5.74) is 1.67. The first kappa shape index (κ1) is 18.6. The van der Waals surface area contributed by atoms with E-state index >= 15 is 0 Å². The zero-order valence-corrected chi connectivity index (χ0v) is 15.9. The number of hydrogen-bond acceptors (Lipinski definition) is 4. The predicted octanol–water partition coefficient (Wildman–Crippen LogP) is 4.68. The van der Waals surface area contributed by atoms with Gasteiger partial charge in [0.05, 0.1) is 20.3 Å². The molecule has 0 aliphatic heterocycles. The Morgan fingerprint density at radius 2 is 1.81 bits per heavy atom. The maximum atomic E-state index is 12.6. The number of carbonyl (C=O) groups is 1. The number of benzene rings is 2. The van der Waals surface area contributed by atoms with Crippen LogP contribution in [-0.4, -0.2) is 32.1 Å². The molecule has 0 bridgehead atoms. The van der Waals surface area contributed by atoms with Gasteiger partial charge in [-0.2, -0.15) is 0 Å². The van der Waals surface area contributed by atoms with Gasteiger partial charge in [-0.15, -0.1) is 0 Å². The molecule has 5 nitrogen and oxygen atoms in total. The van der Waals surface area contributed by atoms with Crippen molar-refractivity contribution in [3.05, 3.63) is 65.9 Å². The molecular weight excluding hydrogens is 342 g/mol. The third-order valence-electron chi connectivity index (χ3n) is 4.61. The van der Waals surface area contributed by atoms with Crippen molar-refractivity contribution in [3.8, 4) is 11.5 Å². The topological polar surface area (TPSA) is 51.9 Å². The van der Waals surface area contributed by atoms with Gasteiger partial charge in [-0.1, -0.05) is 24.3 Å². The van der Waals surface area contributed by atoms with Crippen molar-refractivity contribution < 1.29 is 18.7 Å². The minimum Gasteiger partial charge on any atom is -0.493 e. The molecule has 0 fully saturated rings. The molecule has 0 aliphatic rings. The molecule has 5 heteroatoms. The maximum absolute atomic E-state index is 12.6. The monoisotopic (exact) mass is 365 g/mol. The highest BCUT2D eigenvalue weighted by Crippen LogP contribution is 2.29. The minimum absolute atomic E-state index is 0.113. The third-order valence-corrected chi connectivity index (χ3v) is 4.61. The van der Waals surface area contributed by atoms with Crippen LogP contribution in [0.25, 0.3) is 17.0 Å². The summed E-state index contributed by atoms with van der Waals surface area (Å²) in [6.45, 7) is 1.94. The average Bonchev–Trinajstić information content (AvgIpc) is 3.14. The van der Waals surface area contributed by atoms with Gasteiger partial charge >= 0.3 is 0 Å². The Balaban J connectivity index is 1.73. The normalized spacial score (nSPS) is 12.3. The fourth-order valence-corrected chi connectivity index (χ4v) is 2.83. The molecule has 27 heavy (non-hydrogen) atoms. The fraction of sp³-hybridized carbons (Fsp3) is 0.227. The number of nitrogens with zero attached hydrogens (tertiary/aromatic N) is 1. The summed E-state index contributed by atoms with van der Waals surface area (Å²) in [4.78, 5) is 14.2. The molecule has 0 spiro atoms. The zero-order valence-electron chi connectivity index (χ0n) is 15.9. The van der Waals surface area contributed by atoms with Crippen LogP contribution in [0.3, 0.4) is 0 Å². The summed E-state index contributed by atoms with van der Waals surface area (Å²) in [6.07, 6.45) is 3.30. The number of para-hydroxylation sites is 1. The lowest BCUT2D eigenvalue weighted by molar-refractivity contribution is -0.126. The molecule has 1 aromatic heterocycles. The lowest BCUT2D eigenvalue weighted by Crippen LogP contribution is -2.27. The van der Waals surface area contributed by atoms with Crippen molar-refractivity contribution in [2.24, 2.45) is 0 Å². The van der Waals surface area contributed by atoms with Gasteiger partial charge < -0.3 is 18.8 Å². The van der Waals surface area contributed by atoms with Gasteiger partial charge in [0, 0.05) is 18.5 Å². The van der Waals surface area contributed by atoms with Crippen molar-refractivity contribution in [2.75, 3.05) is 21.3 Å². The molecule has 3 rings (SSSR count). The van der Waals surface area contributed by atoms with Crippen molar-refractivity contribution in [1.82, 2.24) is 4.90 Å². The molecule has 140 valence electrons. The second-order valence-corrected chi connectivity index (χ2v) is 6.26. The van der Waals surface area contributed by atoms with Crippen LogP contribution < -0.4 is 9.47 Å². The molecule has 0 saturated carbocycles. The highest BCUT2D eigenvalue weighted by molar-refractivity contribution is 5.92. The van der Waals surface area contributed by atoms with Crippen LogP contribution in [0.5, 0.6) is 11.5 Å². The Morgan fingerprint density at radius 3 is 2.52 bits per heavy atom. The third kappa shape index (κ3) is 3.97. The van der Waals surface area contributed by atoms with Crippen molar-refractivity contribution >= 4 is 23.0 Å². The Kier molecular flexibility index (Phi) is 5.50. The van der Waals surface area contributed by atoms with Gasteiger partial charge in [0.1, 0.15) is 11.3 Å². The first-order valence-electron chi connectivity index (χ1n) is 8.69. The van der Waals surface area contributed by atoms with Crippen LogP contribution in [0.4, 0.5) is 0 Å². The molecule has 1 unspecified atom stereocenters. The van der Waals surface area contributed by atoms with Crippen LogP contribution in [0.15, 0.2) is 59.0 Å². The molecule has 0 N–H and O–H groups in total. The molecular formula is C22H23NO4. The van der Waals surface area contributed by atoms with Gasteiger partial charge in [-0.3, -0.25) is 4.79 Å². The summed E-state index contributed by atoms with van der Waals surface area (Å²) in [6, 6.07) is 15.1. The van der Waals surface area contributed by atoms with Crippen LogP contribution >= 0.6 is 0 Å². The smallest absolute Gasteiger partial charge is 0.246 e. The van der Waals surface area contributed by atoms with E-state index in [0.717, 1.165) is 22.3 Å². The van der Waals surface area contributed by atoms with Crippen LogP contribution in [0.2, 0.25) is 0 Å². The van der Waals surface area contributed by atoms with E-state index < -0.39 is 0 Å². The van der Waals surface area contributed by atoms with Crippen LogP contribution in [0.1, 0.15) is 24.3 Å². The number of hydrogen-bond donors (Lipinski definition) is 0. The molecule has 0 radical (unpaired) electrons. The summed E-state index contributed by atoms with van der Waals surface area (Å²) in [7, 11) is 4.93. The summed E-state index contributed by atoms with van der Waals surface area (Å²) >= 11 is 0. The summed E-state index contributed by atoms with van der Waals surface area (Å²) in [5.74, 6) is 1.91. The van der Waals surface area contributed by atoms with Gasteiger partial charge in [-0.25, -0.2) is 0 Å². The van der Waals surface area contributed by atoms with E-state index in [1.807, 2.05) is 55.5 Å². The molecule has 1 amide bonds. The zero-order chi connectivity index (χ0) is 19.4. The summed E-state index contributed by atoms with van der Waals surface area (Å²) in [5, 5.41) is 1.03. The van der Waals surface area contributed by atoms with E-state index in [-0.39, 0.29) is 11.9 Å². The Bertz CT molecular complexity index is 940. The average molecular weight is 365 g/mol. The van der Waals surface area contributed by atoms with E-state index in [2.05, 4.69) is 0 Å². The van der Waals surface area contributed by atoms with Crippen LogP contribution in [0, 0.1) is 0 Å². The van der Waals surface area contributed by atoms with E-state index in [1.54, 1.807) is 38.3 Å². The van der Waals surface area contributed by atoms with E-state index in [4.69, 9.17) is 13.9 Å². The first-order chi connectivity index (χ1) is 13.0. The number of ether oxygens (including phenoxy) is 2. The van der Waals surface area contributed by atoms with Gasteiger partial charge in [0.25, 0.3) is 0 Å². The molecule has 3 aromatic rings. The number of fused-ring (bicyclic) bond motifs is 1. The van der Waals surface area contributed by atoms with E-state index in [9.17, 15) is 4.79 Å². The Hall–Kier alpha value is -3.21. The Morgan fingerprint density at radius 1 is 1.07 bits per heavy atom. The van der Waals surface area contributed by atoms with Crippen molar-refractivity contribution in [3.63, 3.8) is 0 Å². The Labute approximate surface area is 158 Å². The van der Waals surface area contributed by atoms with Crippen molar-refractivity contribution in [1.29, 1.82) is 0 Å². The standard InChI is InChI=1S/C22H23NO4/c1-15(20-14-17-7-5-6-8-18(17)27-20)23(2)22(24)12-10-16-9-11-19(25-3)21(13-16)26-4/h5-15H,1-4H3/b12-10+. The van der Waals surface area contributed by atoms with Gasteiger partial charge in [-0.05, 0) is 42.8 Å².